The second kappa shape index (κ2) is 16.5. The molecule has 0 amide bonds. The number of aliphatic carboxylic acids is 4. The van der Waals surface area contributed by atoms with E-state index in [4.69, 9.17) is 14.9 Å². The Hall–Kier alpha value is -3.55. The molecule has 0 bridgehead atoms. The van der Waals surface area contributed by atoms with Crippen LogP contribution in [0.15, 0.2) is 0 Å². The fourth-order valence-corrected chi connectivity index (χ4v) is 4.24. The molecule has 14 nitrogen and oxygen atoms in total. The van der Waals surface area contributed by atoms with Crippen LogP contribution in [0.25, 0.3) is 0 Å². The number of ether oxygens (including phenoxy) is 2. The summed E-state index contributed by atoms with van der Waals surface area (Å²) in [7, 11) is 0. The maximum atomic E-state index is 13.2. The Morgan fingerprint density at radius 3 is 1.32 bits per heavy atom. The lowest BCUT2D eigenvalue weighted by molar-refractivity contribution is -0.191. The lowest BCUT2D eigenvalue weighted by Crippen LogP contribution is -2.50. The van der Waals surface area contributed by atoms with Crippen molar-refractivity contribution in [1.82, 2.24) is 0 Å². The maximum Gasteiger partial charge on any atom is 0.349 e. The molecule has 5 N–H and O–H groups in total. The molecule has 0 aromatic carbocycles. The van der Waals surface area contributed by atoms with Gasteiger partial charge in [0, 0.05) is 0 Å². The highest BCUT2D eigenvalue weighted by atomic mass is 16.6. The maximum absolute atomic E-state index is 13.2. The Balaban J connectivity index is 5.93. The molecular weight excluding hydrogens is 536 g/mol. The van der Waals surface area contributed by atoms with Crippen molar-refractivity contribution < 1.29 is 68.6 Å². The van der Waals surface area contributed by atoms with E-state index < -0.39 is 84.1 Å². The Labute approximate surface area is 231 Å². The van der Waals surface area contributed by atoms with Gasteiger partial charge >= 0.3 is 41.8 Å². The zero-order chi connectivity index (χ0) is 31.1. The highest BCUT2D eigenvalue weighted by Crippen LogP contribution is 2.38. The summed E-state index contributed by atoms with van der Waals surface area (Å²) in [4.78, 5) is 84.0. The van der Waals surface area contributed by atoms with Crippen molar-refractivity contribution in [2.24, 2.45) is 5.41 Å². The SMILES string of the molecule is CCCCC(CCCC)(CCCC)C(=O)OC(=O)CC(O)(CC(=O)OC(CC(=O)O)(CC(=O)O)C(=O)O)C(=O)O. The molecule has 228 valence electrons. The van der Waals surface area contributed by atoms with Gasteiger partial charge in [-0.3, -0.25) is 24.0 Å². The van der Waals surface area contributed by atoms with Crippen molar-refractivity contribution >= 4 is 41.8 Å². The molecule has 0 fully saturated rings. The van der Waals surface area contributed by atoms with Crippen molar-refractivity contribution in [2.45, 2.75) is 115 Å². The summed E-state index contributed by atoms with van der Waals surface area (Å²) >= 11 is 0. The van der Waals surface area contributed by atoms with Crippen molar-refractivity contribution in [3.05, 3.63) is 0 Å². The lowest BCUT2D eigenvalue weighted by atomic mass is 9.74. The van der Waals surface area contributed by atoms with Crippen LogP contribution in [0.4, 0.5) is 0 Å². The van der Waals surface area contributed by atoms with Gasteiger partial charge in [0.15, 0.2) is 5.60 Å². The van der Waals surface area contributed by atoms with Gasteiger partial charge in [-0.05, 0) is 19.3 Å². The van der Waals surface area contributed by atoms with Gasteiger partial charge in [0.05, 0.1) is 31.1 Å². The first-order valence-electron chi connectivity index (χ1n) is 13.1. The van der Waals surface area contributed by atoms with Gasteiger partial charge in [0.1, 0.15) is 0 Å². The van der Waals surface area contributed by atoms with Crippen LogP contribution >= 0.6 is 0 Å². The summed E-state index contributed by atoms with van der Waals surface area (Å²) < 4.78 is 9.55. The fraction of sp³-hybridized carbons (Fsp3) is 0.731. The normalized spacial score (nSPS) is 13.1. The quantitative estimate of drug-likeness (QED) is 0.0974. The first-order valence-corrected chi connectivity index (χ1v) is 13.1. The molecular formula is C26H40O14. The fourth-order valence-electron chi connectivity index (χ4n) is 4.24. The molecule has 0 radical (unpaired) electrons. The predicted octanol–water partition coefficient (Wildman–Crippen LogP) is 2.53. The summed E-state index contributed by atoms with van der Waals surface area (Å²) in [6.45, 7) is 5.79. The number of aliphatic hydroxyl groups is 1. The molecule has 0 heterocycles. The van der Waals surface area contributed by atoms with Gasteiger partial charge in [-0.1, -0.05) is 59.3 Å². The van der Waals surface area contributed by atoms with Crippen LogP contribution in [-0.2, 0) is 43.0 Å². The topological polar surface area (TPSA) is 239 Å². The number of esters is 3. The van der Waals surface area contributed by atoms with E-state index in [1.165, 1.54) is 0 Å². The smallest absolute Gasteiger partial charge is 0.349 e. The second-order valence-corrected chi connectivity index (χ2v) is 9.96. The number of carboxylic acid groups (broad SMARTS) is 4. The number of rotatable bonds is 21. The lowest BCUT2D eigenvalue weighted by Gasteiger charge is -2.32. The zero-order valence-corrected chi connectivity index (χ0v) is 23.1. The standard InChI is InChI=1S/C26H40O14/c1-4-7-10-24(11-8-5-2,12-9-6-3)23(37)39-19(31)15-25(38,21(33)34)16-20(32)40-26(22(35)36,13-17(27)28)14-18(29)30/h38H,4-16H2,1-3H3,(H,27,28)(H,29,30)(H,33,34)(H,35,36). The van der Waals surface area contributed by atoms with E-state index in [2.05, 4.69) is 4.74 Å². The van der Waals surface area contributed by atoms with Gasteiger partial charge in [-0.15, -0.1) is 0 Å². The highest BCUT2D eigenvalue weighted by molar-refractivity contribution is 5.95. The third-order valence-corrected chi connectivity index (χ3v) is 6.51. The minimum atomic E-state index is -3.25. The van der Waals surface area contributed by atoms with Crippen molar-refractivity contribution in [3.63, 3.8) is 0 Å². The highest BCUT2D eigenvalue weighted by Gasteiger charge is 2.50. The first-order chi connectivity index (χ1) is 18.5. The summed E-state index contributed by atoms with van der Waals surface area (Å²) in [6.07, 6.45) is -0.384. The van der Waals surface area contributed by atoms with Crippen molar-refractivity contribution in [2.75, 3.05) is 0 Å². The van der Waals surface area contributed by atoms with Crippen LogP contribution < -0.4 is 0 Å². The summed E-state index contributed by atoms with van der Waals surface area (Å²) in [6, 6.07) is 0. The van der Waals surface area contributed by atoms with Crippen LogP contribution in [-0.4, -0.2) is 78.5 Å². The number of unbranched alkanes of at least 4 members (excludes halogenated alkanes) is 3. The average molecular weight is 577 g/mol. The Morgan fingerprint density at radius 2 is 1.00 bits per heavy atom. The van der Waals surface area contributed by atoms with E-state index in [0.29, 0.717) is 38.5 Å². The molecule has 1 unspecified atom stereocenters. The molecule has 0 aromatic rings. The van der Waals surface area contributed by atoms with Gasteiger partial charge < -0.3 is 35.0 Å². The number of carboxylic acids is 4. The summed E-state index contributed by atoms with van der Waals surface area (Å²) in [5, 5.41) is 47.5. The summed E-state index contributed by atoms with van der Waals surface area (Å²) in [5.41, 5.74) is -7.38. The van der Waals surface area contributed by atoms with Crippen LogP contribution in [0.5, 0.6) is 0 Å². The molecule has 0 aliphatic carbocycles. The number of carbonyl (C=O) groups is 7. The van der Waals surface area contributed by atoms with Crippen LogP contribution in [0.3, 0.4) is 0 Å². The molecule has 40 heavy (non-hydrogen) atoms. The zero-order valence-electron chi connectivity index (χ0n) is 23.1. The van der Waals surface area contributed by atoms with Crippen molar-refractivity contribution in [3.8, 4) is 0 Å². The van der Waals surface area contributed by atoms with Gasteiger partial charge in [0.2, 0.25) is 5.60 Å². The second-order valence-electron chi connectivity index (χ2n) is 9.96. The Bertz CT molecular complexity index is 902. The molecule has 0 saturated carbocycles. The minimum Gasteiger partial charge on any atom is -0.481 e. The molecule has 0 rings (SSSR count). The molecule has 1 atom stereocenters. The van der Waals surface area contributed by atoms with Crippen LogP contribution in [0.1, 0.15) is 104 Å². The number of hydrogen-bond donors (Lipinski definition) is 5. The van der Waals surface area contributed by atoms with E-state index in [1.807, 2.05) is 20.8 Å². The monoisotopic (exact) mass is 576 g/mol. The van der Waals surface area contributed by atoms with Crippen molar-refractivity contribution in [1.29, 1.82) is 0 Å². The molecule has 0 saturated heterocycles. The van der Waals surface area contributed by atoms with Gasteiger partial charge in [-0.2, -0.15) is 0 Å². The van der Waals surface area contributed by atoms with E-state index in [0.717, 1.165) is 19.3 Å². The van der Waals surface area contributed by atoms with E-state index >= 15 is 0 Å². The third kappa shape index (κ3) is 11.3. The third-order valence-electron chi connectivity index (χ3n) is 6.51. The molecule has 14 heteroatoms. The van der Waals surface area contributed by atoms with E-state index in [1.54, 1.807) is 0 Å². The molecule has 0 aliphatic heterocycles. The Kier molecular flexibility index (Phi) is 15.1. The first kappa shape index (κ1) is 36.5. The summed E-state index contributed by atoms with van der Waals surface area (Å²) in [5.74, 6) is -12.1. The number of hydrogen-bond acceptors (Lipinski definition) is 10. The van der Waals surface area contributed by atoms with Crippen LogP contribution in [0.2, 0.25) is 0 Å². The number of carbonyl (C=O) groups excluding carboxylic acids is 3. The van der Waals surface area contributed by atoms with Gasteiger partial charge in [-0.25, -0.2) is 9.59 Å². The minimum absolute atomic E-state index is 0.426. The predicted molar refractivity (Wildman–Crippen MR) is 135 cm³/mol. The molecule has 0 spiro atoms. The van der Waals surface area contributed by atoms with E-state index in [-0.39, 0.29) is 0 Å². The molecule has 0 aliphatic rings. The van der Waals surface area contributed by atoms with E-state index in [9.17, 15) is 48.9 Å². The average Bonchev–Trinajstić information content (AvgIpc) is 2.82. The Morgan fingerprint density at radius 1 is 0.600 bits per heavy atom. The van der Waals surface area contributed by atoms with Gasteiger partial charge in [0.25, 0.3) is 0 Å². The largest absolute Gasteiger partial charge is 0.481 e. The van der Waals surface area contributed by atoms with Crippen LogP contribution in [0, 0.1) is 5.41 Å². The molecule has 0 aromatic heterocycles.